The van der Waals surface area contributed by atoms with Crippen LogP contribution in [0.4, 0.5) is 0 Å². The molecule has 1 aromatic carbocycles. The Morgan fingerprint density at radius 3 is 2.90 bits per heavy atom. The van der Waals surface area contributed by atoms with Gasteiger partial charge >= 0.3 is 0 Å². The first kappa shape index (κ1) is 13.2. The van der Waals surface area contributed by atoms with Gasteiger partial charge in [-0.1, -0.05) is 12.8 Å². The summed E-state index contributed by atoms with van der Waals surface area (Å²) in [6.45, 7) is 0.850. The molecule has 0 atom stereocenters. The highest BCUT2D eigenvalue weighted by Gasteiger charge is 2.15. The predicted octanol–water partition coefficient (Wildman–Crippen LogP) is 3.12. The largest absolute Gasteiger partial charge is 0.496 e. The molecule has 1 aliphatic carbocycles. The maximum Gasteiger partial charge on any atom is 0.137 e. The fourth-order valence-electron chi connectivity index (χ4n) is 2.87. The lowest BCUT2D eigenvalue weighted by Crippen LogP contribution is -2.25. The lowest BCUT2D eigenvalue weighted by atomic mass is 10.1. The van der Waals surface area contributed by atoms with Gasteiger partial charge in [0.15, 0.2) is 0 Å². The number of imidazole rings is 1. The van der Waals surface area contributed by atoms with Crippen LogP contribution < -0.4 is 10.1 Å². The molecule has 1 heterocycles. The summed E-state index contributed by atoms with van der Waals surface area (Å²) in [5, 5.41) is 3.63. The molecule has 1 fully saturated rings. The Kier molecular flexibility index (Phi) is 4.02. The van der Waals surface area contributed by atoms with E-state index in [9.17, 15) is 0 Å². The number of aromatic nitrogens is 2. The number of nitrogens with zero attached hydrogens (tertiary/aromatic N) is 1. The highest BCUT2D eigenvalue weighted by molar-refractivity contribution is 5.58. The summed E-state index contributed by atoms with van der Waals surface area (Å²) in [6.07, 6.45) is 8.90. The first-order valence-corrected chi connectivity index (χ1v) is 7.27. The standard InChI is InChI=1S/C16H21N3O/c1-20-15-7-6-12(16-17-8-9-18-16)10-13(15)11-19-14-4-2-3-5-14/h6-10,14,19H,2-5,11H2,1H3,(H,17,18). The van der Waals surface area contributed by atoms with Gasteiger partial charge in [0, 0.05) is 36.1 Å². The zero-order valence-corrected chi connectivity index (χ0v) is 11.9. The van der Waals surface area contributed by atoms with E-state index in [1.165, 1.54) is 31.2 Å². The van der Waals surface area contributed by atoms with Crippen molar-refractivity contribution in [3.63, 3.8) is 0 Å². The second-order valence-electron chi connectivity index (χ2n) is 5.33. The lowest BCUT2D eigenvalue weighted by Gasteiger charge is -2.15. The Morgan fingerprint density at radius 1 is 1.35 bits per heavy atom. The maximum absolute atomic E-state index is 5.46. The number of H-pyrrole nitrogens is 1. The van der Waals surface area contributed by atoms with E-state index in [0.717, 1.165) is 23.7 Å². The van der Waals surface area contributed by atoms with Gasteiger partial charge in [-0.3, -0.25) is 0 Å². The maximum atomic E-state index is 5.46. The fourth-order valence-corrected chi connectivity index (χ4v) is 2.87. The van der Waals surface area contributed by atoms with Gasteiger partial charge < -0.3 is 15.0 Å². The van der Waals surface area contributed by atoms with Crippen molar-refractivity contribution in [3.8, 4) is 17.1 Å². The van der Waals surface area contributed by atoms with E-state index in [2.05, 4.69) is 21.4 Å². The predicted molar refractivity (Wildman–Crippen MR) is 79.7 cm³/mol. The van der Waals surface area contributed by atoms with E-state index in [0.29, 0.717) is 6.04 Å². The van der Waals surface area contributed by atoms with Crippen LogP contribution in [0.3, 0.4) is 0 Å². The molecule has 4 nitrogen and oxygen atoms in total. The van der Waals surface area contributed by atoms with Gasteiger partial charge in [0.25, 0.3) is 0 Å². The van der Waals surface area contributed by atoms with Crippen molar-refractivity contribution in [2.24, 2.45) is 0 Å². The summed E-state index contributed by atoms with van der Waals surface area (Å²) >= 11 is 0. The van der Waals surface area contributed by atoms with Crippen LogP contribution in [0, 0.1) is 0 Å². The first-order chi connectivity index (χ1) is 9.86. The Balaban J connectivity index is 1.77. The molecule has 2 aromatic rings. The van der Waals surface area contributed by atoms with Crippen LogP contribution in [0.2, 0.25) is 0 Å². The number of benzene rings is 1. The third-order valence-electron chi connectivity index (χ3n) is 3.99. The van der Waals surface area contributed by atoms with E-state index < -0.39 is 0 Å². The zero-order chi connectivity index (χ0) is 13.8. The van der Waals surface area contributed by atoms with E-state index in [4.69, 9.17) is 4.74 Å². The van der Waals surface area contributed by atoms with Gasteiger partial charge in [-0.25, -0.2) is 4.98 Å². The molecular weight excluding hydrogens is 250 g/mol. The summed E-state index contributed by atoms with van der Waals surface area (Å²) in [5.41, 5.74) is 2.28. The van der Waals surface area contributed by atoms with Crippen LogP contribution >= 0.6 is 0 Å². The molecule has 0 unspecified atom stereocenters. The molecule has 0 saturated heterocycles. The van der Waals surface area contributed by atoms with Crippen molar-refractivity contribution in [1.29, 1.82) is 0 Å². The van der Waals surface area contributed by atoms with Gasteiger partial charge in [-0.2, -0.15) is 0 Å². The molecule has 0 radical (unpaired) electrons. The fraction of sp³-hybridized carbons (Fsp3) is 0.438. The Bertz CT molecular complexity index is 545. The van der Waals surface area contributed by atoms with E-state index >= 15 is 0 Å². The average Bonchev–Trinajstić information content (AvgIpc) is 3.18. The molecule has 20 heavy (non-hydrogen) atoms. The molecule has 1 aliphatic rings. The van der Waals surface area contributed by atoms with Crippen molar-refractivity contribution in [1.82, 2.24) is 15.3 Å². The van der Waals surface area contributed by atoms with Crippen LogP contribution in [-0.4, -0.2) is 23.1 Å². The number of methoxy groups -OCH3 is 1. The molecule has 3 rings (SSSR count). The molecule has 4 heteroatoms. The molecule has 0 aliphatic heterocycles. The normalized spacial score (nSPS) is 15.7. The number of hydrogen-bond acceptors (Lipinski definition) is 3. The van der Waals surface area contributed by atoms with Crippen molar-refractivity contribution < 1.29 is 4.74 Å². The number of hydrogen-bond donors (Lipinski definition) is 2. The van der Waals surface area contributed by atoms with Crippen LogP contribution in [0.25, 0.3) is 11.4 Å². The summed E-state index contributed by atoms with van der Waals surface area (Å²) in [5.74, 6) is 1.83. The monoisotopic (exact) mass is 271 g/mol. The Hall–Kier alpha value is -1.81. The second-order valence-corrected chi connectivity index (χ2v) is 5.33. The molecular formula is C16H21N3O. The van der Waals surface area contributed by atoms with E-state index in [-0.39, 0.29) is 0 Å². The van der Waals surface area contributed by atoms with Gasteiger partial charge in [0.1, 0.15) is 11.6 Å². The topological polar surface area (TPSA) is 49.9 Å². The summed E-state index contributed by atoms with van der Waals surface area (Å²) in [6, 6.07) is 6.87. The quantitative estimate of drug-likeness (QED) is 0.878. The smallest absolute Gasteiger partial charge is 0.137 e. The van der Waals surface area contributed by atoms with Gasteiger partial charge in [-0.05, 0) is 31.0 Å². The Morgan fingerprint density at radius 2 is 2.20 bits per heavy atom. The molecule has 2 N–H and O–H groups in total. The van der Waals surface area contributed by atoms with E-state index in [1.54, 1.807) is 13.3 Å². The third kappa shape index (κ3) is 2.85. The number of nitrogens with one attached hydrogen (secondary N) is 2. The first-order valence-electron chi connectivity index (χ1n) is 7.27. The van der Waals surface area contributed by atoms with Crippen molar-refractivity contribution >= 4 is 0 Å². The molecule has 0 bridgehead atoms. The lowest BCUT2D eigenvalue weighted by molar-refractivity contribution is 0.405. The van der Waals surface area contributed by atoms with Crippen molar-refractivity contribution in [2.45, 2.75) is 38.3 Å². The third-order valence-corrected chi connectivity index (χ3v) is 3.99. The highest BCUT2D eigenvalue weighted by Crippen LogP contribution is 2.25. The van der Waals surface area contributed by atoms with Gasteiger partial charge in [0.05, 0.1) is 7.11 Å². The number of ether oxygens (including phenoxy) is 1. The summed E-state index contributed by atoms with van der Waals surface area (Å²) < 4.78 is 5.46. The van der Waals surface area contributed by atoms with E-state index in [1.807, 2.05) is 18.3 Å². The number of rotatable bonds is 5. The minimum atomic E-state index is 0.659. The van der Waals surface area contributed by atoms with Crippen molar-refractivity contribution in [3.05, 3.63) is 36.2 Å². The molecule has 1 saturated carbocycles. The van der Waals surface area contributed by atoms with Gasteiger partial charge in [0.2, 0.25) is 0 Å². The summed E-state index contributed by atoms with van der Waals surface area (Å²) in [4.78, 5) is 7.45. The highest BCUT2D eigenvalue weighted by atomic mass is 16.5. The molecule has 106 valence electrons. The average molecular weight is 271 g/mol. The second kappa shape index (κ2) is 6.09. The minimum Gasteiger partial charge on any atom is -0.496 e. The zero-order valence-electron chi connectivity index (χ0n) is 11.9. The molecule has 1 aromatic heterocycles. The summed E-state index contributed by atoms with van der Waals surface area (Å²) in [7, 11) is 1.72. The van der Waals surface area contributed by atoms with Crippen LogP contribution in [0.15, 0.2) is 30.6 Å². The van der Waals surface area contributed by atoms with Crippen molar-refractivity contribution in [2.75, 3.05) is 7.11 Å². The number of aromatic amines is 1. The van der Waals surface area contributed by atoms with Crippen LogP contribution in [-0.2, 0) is 6.54 Å². The molecule has 0 amide bonds. The van der Waals surface area contributed by atoms with Crippen LogP contribution in [0.1, 0.15) is 31.2 Å². The SMILES string of the molecule is COc1ccc(-c2ncc[nH]2)cc1CNC1CCCC1. The molecule has 0 spiro atoms. The Labute approximate surface area is 119 Å². The van der Waals surface area contributed by atoms with Crippen LogP contribution in [0.5, 0.6) is 5.75 Å². The minimum absolute atomic E-state index is 0.659. The van der Waals surface area contributed by atoms with Gasteiger partial charge in [-0.15, -0.1) is 0 Å².